The molecule has 2 aromatic carbocycles. The maximum absolute atomic E-state index is 13.1. The second-order valence-corrected chi connectivity index (χ2v) is 9.62. The zero-order valence-electron chi connectivity index (χ0n) is 17.5. The van der Waals surface area contributed by atoms with Crippen LogP contribution in [0.3, 0.4) is 0 Å². The highest BCUT2D eigenvalue weighted by Crippen LogP contribution is 2.27. The van der Waals surface area contributed by atoms with Crippen LogP contribution in [0.15, 0.2) is 42.5 Å². The Hall–Kier alpha value is -1.55. The van der Waals surface area contributed by atoms with Gasteiger partial charge in [0.25, 0.3) is 0 Å². The highest BCUT2D eigenvalue weighted by atomic mass is 35.5. The van der Waals surface area contributed by atoms with E-state index in [1.54, 1.807) is 48.3 Å². The summed E-state index contributed by atoms with van der Waals surface area (Å²) < 4.78 is 33.6. The van der Waals surface area contributed by atoms with Gasteiger partial charge in [0, 0.05) is 13.6 Å². The first-order chi connectivity index (χ1) is 14.6. The monoisotopic (exact) mass is 521 g/mol. The van der Waals surface area contributed by atoms with Crippen LogP contribution in [0.25, 0.3) is 0 Å². The summed E-state index contributed by atoms with van der Waals surface area (Å²) in [5.41, 5.74) is 1.76. The minimum Gasteiger partial charge on any atom is -0.337 e. The maximum Gasteiger partial charge on any atom is 0.357 e. The van der Waals surface area contributed by atoms with Crippen molar-refractivity contribution in [2.75, 3.05) is 31.4 Å². The molecule has 1 heterocycles. The van der Waals surface area contributed by atoms with E-state index in [4.69, 9.17) is 27.8 Å². The van der Waals surface area contributed by atoms with Crippen LogP contribution in [0.1, 0.15) is 30.0 Å². The molecule has 0 unspecified atom stereocenters. The van der Waals surface area contributed by atoms with Gasteiger partial charge in [0.15, 0.2) is 0 Å². The number of hydrogen-bond acceptors (Lipinski definition) is 4. The van der Waals surface area contributed by atoms with E-state index in [-0.39, 0.29) is 36.5 Å². The number of nitrogens with zero attached hydrogens (tertiary/aromatic N) is 2. The lowest BCUT2D eigenvalue weighted by Gasteiger charge is -2.32. The molecule has 2 aromatic rings. The standard InChI is InChI=1S/C21H25Cl2N3O4S.ClH/c1-25(21(27)12-15-7-8-18(22)19(23)11-15)20(14-26-9-2-3-10-26)16-5-4-6-17(13-16)24-31(28,29)30;/h4-8,11,13,20,24H,2-3,9-10,12,14H2,1H3,(H,28,29,30);1H/t20-;/m0./s1. The predicted molar refractivity (Wildman–Crippen MR) is 130 cm³/mol. The Bertz CT molecular complexity index is 1050. The van der Waals surface area contributed by atoms with Crippen LogP contribution >= 0.6 is 35.6 Å². The van der Waals surface area contributed by atoms with Crippen molar-refractivity contribution >= 4 is 57.5 Å². The number of halogens is 3. The number of hydrogen-bond donors (Lipinski definition) is 2. The van der Waals surface area contributed by atoms with Crippen molar-refractivity contribution in [3.05, 3.63) is 63.6 Å². The van der Waals surface area contributed by atoms with Crippen LogP contribution in [-0.4, -0.2) is 55.4 Å². The molecule has 7 nitrogen and oxygen atoms in total. The van der Waals surface area contributed by atoms with Crippen molar-refractivity contribution in [3.8, 4) is 0 Å². The van der Waals surface area contributed by atoms with Crippen molar-refractivity contribution in [2.45, 2.75) is 25.3 Å². The first kappa shape index (κ1) is 26.7. The lowest BCUT2D eigenvalue weighted by molar-refractivity contribution is -0.131. The van der Waals surface area contributed by atoms with E-state index in [2.05, 4.69) is 9.62 Å². The Balaban J connectivity index is 0.00000363. The maximum atomic E-state index is 13.1. The third kappa shape index (κ3) is 7.50. The van der Waals surface area contributed by atoms with Gasteiger partial charge in [-0.1, -0.05) is 41.4 Å². The molecule has 32 heavy (non-hydrogen) atoms. The minimum absolute atomic E-state index is 0. The van der Waals surface area contributed by atoms with E-state index in [1.807, 2.05) is 6.07 Å². The van der Waals surface area contributed by atoms with E-state index >= 15 is 0 Å². The zero-order valence-corrected chi connectivity index (χ0v) is 20.6. The molecule has 2 N–H and O–H groups in total. The Morgan fingerprint density at radius 1 is 1.16 bits per heavy atom. The van der Waals surface area contributed by atoms with Crippen molar-refractivity contribution in [3.63, 3.8) is 0 Å². The number of carbonyl (C=O) groups excluding carboxylic acids is 1. The molecule has 1 atom stereocenters. The summed E-state index contributed by atoms with van der Waals surface area (Å²) in [4.78, 5) is 17.1. The van der Waals surface area contributed by atoms with Gasteiger partial charge < -0.3 is 9.80 Å². The van der Waals surface area contributed by atoms with Crippen molar-refractivity contribution in [1.29, 1.82) is 0 Å². The fourth-order valence-corrected chi connectivity index (χ4v) is 4.49. The second-order valence-electron chi connectivity index (χ2n) is 7.66. The Labute approximate surface area is 205 Å². The third-order valence-corrected chi connectivity index (χ3v) is 6.58. The molecule has 0 aliphatic carbocycles. The Morgan fingerprint density at radius 2 is 1.84 bits per heavy atom. The van der Waals surface area contributed by atoms with Gasteiger partial charge in [-0.2, -0.15) is 8.42 Å². The number of rotatable bonds is 8. The van der Waals surface area contributed by atoms with Crippen LogP contribution < -0.4 is 4.72 Å². The SMILES string of the molecule is CN(C(=O)Cc1ccc(Cl)c(Cl)c1)[C@@H](CN1CCCC1)c1cccc(NS(=O)(=O)O)c1.Cl. The number of nitrogens with one attached hydrogen (secondary N) is 1. The second kappa shape index (κ2) is 11.5. The molecule has 0 radical (unpaired) electrons. The van der Waals surface area contributed by atoms with Crippen LogP contribution in [0, 0.1) is 0 Å². The molecule has 0 spiro atoms. The van der Waals surface area contributed by atoms with Gasteiger partial charge in [0.2, 0.25) is 5.91 Å². The van der Waals surface area contributed by atoms with Crippen LogP contribution in [0.2, 0.25) is 10.0 Å². The van der Waals surface area contributed by atoms with Crippen molar-refractivity contribution in [1.82, 2.24) is 9.80 Å². The summed E-state index contributed by atoms with van der Waals surface area (Å²) in [7, 11) is -2.65. The Morgan fingerprint density at radius 3 is 2.47 bits per heavy atom. The Kier molecular flexibility index (Phi) is 9.63. The fourth-order valence-electron chi connectivity index (χ4n) is 3.74. The lowest BCUT2D eigenvalue weighted by Crippen LogP contribution is -2.39. The first-order valence-corrected chi connectivity index (χ1v) is 12.1. The summed E-state index contributed by atoms with van der Waals surface area (Å²) in [6.45, 7) is 2.53. The van der Waals surface area contributed by atoms with Gasteiger partial charge in [-0.25, -0.2) is 0 Å². The average Bonchev–Trinajstić information content (AvgIpc) is 3.20. The van der Waals surface area contributed by atoms with Crippen molar-refractivity contribution < 1.29 is 17.8 Å². The molecule has 1 fully saturated rings. The summed E-state index contributed by atoms with van der Waals surface area (Å²) in [6, 6.07) is 11.5. The number of carbonyl (C=O) groups is 1. The summed E-state index contributed by atoms with van der Waals surface area (Å²) in [5.74, 6) is -0.101. The molecule has 1 saturated heterocycles. The van der Waals surface area contributed by atoms with Crippen LogP contribution in [-0.2, 0) is 21.5 Å². The smallest absolute Gasteiger partial charge is 0.337 e. The molecule has 0 saturated carbocycles. The predicted octanol–water partition coefficient (Wildman–Crippen LogP) is 4.47. The molecule has 1 aliphatic rings. The topological polar surface area (TPSA) is 90.0 Å². The number of amides is 1. The number of likely N-dealkylation sites (tertiary alicyclic amines) is 1. The third-order valence-electron chi connectivity index (χ3n) is 5.35. The highest BCUT2D eigenvalue weighted by molar-refractivity contribution is 7.87. The molecule has 176 valence electrons. The number of likely N-dealkylation sites (N-methyl/N-ethyl adjacent to an activating group) is 1. The lowest BCUT2D eigenvalue weighted by atomic mass is 10.0. The molecule has 0 bridgehead atoms. The van der Waals surface area contributed by atoms with Crippen LogP contribution in [0.4, 0.5) is 5.69 Å². The van der Waals surface area contributed by atoms with E-state index in [1.165, 1.54) is 0 Å². The number of anilines is 1. The molecule has 3 rings (SSSR count). The molecule has 0 aromatic heterocycles. The summed E-state index contributed by atoms with van der Waals surface area (Å²) in [5, 5.41) is 0.827. The van der Waals surface area contributed by atoms with E-state index in [0.717, 1.165) is 37.1 Å². The average molecular weight is 523 g/mol. The molecule has 1 amide bonds. The van der Waals surface area contributed by atoms with Gasteiger partial charge in [-0.15, -0.1) is 12.4 Å². The molecule has 1 aliphatic heterocycles. The normalized spacial score (nSPS) is 15.1. The fraction of sp³-hybridized carbons (Fsp3) is 0.381. The van der Waals surface area contributed by atoms with Crippen molar-refractivity contribution in [2.24, 2.45) is 0 Å². The highest BCUT2D eigenvalue weighted by Gasteiger charge is 2.26. The van der Waals surface area contributed by atoms with E-state index < -0.39 is 10.3 Å². The summed E-state index contributed by atoms with van der Waals surface area (Å²) in [6.07, 6.45) is 2.38. The van der Waals surface area contributed by atoms with Gasteiger partial charge in [-0.05, 0) is 61.3 Å². The largest absolute Gasteiger partial charge is 0.357 e. The first-order valence-electron chi connectivity index (χ1n) is 9.89. The van der Waals surface area contributed by atoms with Crippen LogP contribution in [0.5, 0.6) is 0 Å². The van der Waals surface area contributed by atoms with E-state index in [0.29, 0.717) is 16.6 Å². The summed E-state index contributed by atoms with van der Waals surface area (Å²) >= 11 is 12.0. The minimum atomic E-state index is -4.39. The van der Waals surface area contributed by atoms with Gasteiger partial charge in [-0.3, -0.25) is 14.1 Å². The zero-order chi connectivity index (χ0) is 22.6. The van der Waals surface area contributed by atoms with E-state index in [9.17, 15) is 13.2 Å². The molecular weight excluding hydrogens is 497 g/mol. The van der Waals surface area contributed by atoms with Gasteiger partial charge in [0.05, 0.1) is 28.2 Å². The quantitative estimate of drug-likeness (QED) is 0.499. The van der Waals surface area contributed by atoms with Gasteiger partial charge >= 0.3 is 10.3 Å². The van der Waals surface area contributed by atoms with Gasteiger partial charge in [0.1, 0.15) is 0 Å². The molecular formula is C21H26Cl3N3O4S. The number of benzene rings is 2. The molecule has 11 heteroatoms.